The number of para-hydroxylation sites is 1. The lowest BCUT2D eigenvalue weighted by Gasteiger charge is -2.39. The van der Waals surface area contributed by atoms with Crippen LogP contribution in [0, 0.1) is 19.8 Å². The number of aryl methyl sites for hydroxylation is 2. The number of anilines is 1. The van der Waals surface area contributed by atoms with Crippen LogP contribution >= 0.6 is 0 Å². The van der Waals surface area contributed by atoms with Gasteiger partial charge in [0.05, 0.1) is 0 Å². The second-order valence-corrected chi connectivity index (χ2v) is 8.49. The topological polar surface area (TPSA) is 15.3 Å². The van der Waals surface area contributed by atoms with Gasteiger partial charge in [-0.3, -0.25) is 0 Å². The van der Waals surface area contributed by atoms with E-state index in [0.717, 1.165) is 19.6 Å². The number of nitrogens with zero attached hydrogens (tertiary/aromatic N) is 1. The molecular formula is C25H36N2. The van der Waals surface area contributed by atoms with Gasteiger partial charge in [-0.15, -0.1) is 0 Å². The summed E-state index contributed by atoms with van der Waals surface area (Å²) >= 11 is 0. The number of hydrogen-bond donors (Lipinski definition) is 1. The monoisotopic (exact) mass is 364 g/mol. The first-order valence-corrected chi connectivity index (χ1v) is 10.6. The maximum atomic E-state index is 3.85. The van der Waals surface area contributed by atoms with Crippen LogP contribution in [0.3, 0.4) is 0 Å². The molecule has 0 aliphatic carbocycles. The summed E-state index contributed by atoms with van der Waals surface area (Å²) in [6.07, 6.45) is 2.41. The zero-order valence-corrected chi connectivity index (χ0v) is 17.8. The lowest BCUT2D eigenvalue weighted by molar-refractivity contribution is 0.320. The first-order valence-electron chi connectivity index (χ1n) is 10.6. The smallest absolute Gasteiger partial charge is 0.0396 e. The molecule has 2 nitrogen and oxygen atoms in total. The Morgan fingerprint density at radius 1 is 1.11 bits per heavy atom. The average molecular weight is 365 g/mol. The summed E-state index contributed by atoms with van der Waals surface area (Å²) in [4.78, 5) is 2.56. The number of hydrogen-bond acceptors (Lipinski definition) is 2. The van der Waals surface area contributed by atoms with E-state index in [1.807, 2.05) is 0 Å². The molecule has 2 aromatic rings. The minimum Gasteiger partial charge on any atom is -0.371 e. The Morgan fingerprint density at radius 3 is 2.59 bits per heavy atom. The number of benzene rings is 2. The number of nitrogens with one attached hydrogen (secondary N) is 1. The molecule has 1 aliphatic heterocycles. The minimum atomic E-state index is 0.596. The predicted octanol–water partition coefficient (Wildman–Crippen LogP) is 5.82. The van der Waals surface area contributed by atoms with Crippen LogP contribution in [0.1, 0.15) is 61.8 Å². The summed E-state index contributed by atoms with van der Waals surface area (Å²) < 4.78 is 0. The van der Waals surface area contributed by atoms with Crippen molar-refractivity contribution in [1.82, 2.24) is 5.32 Å². The third kappa shape index (κ3) is 4.73. The van der Waals surface area contributed by atoms with E-state index in [4.69, 9.17) is 0 Å². The molecule has 0 saturated carbocycles. The fraction of sp³-hybridized carbons (Fsp3) is 0.520. The molecule has 1 saturated heterocycles. The van der Waals surface area contributed by atoms with Gasteiger partial charge in [-0.25, -0.2) is 0 Å². The molecule has 0 amide bonds. The van der Waals surface area contributed by atoms with Crippen LogP contribution in [-0.4, -0.2) is 19.1 Å². The minimum absolute atomic E-state index is 0.596. The van der Waals surface area contributed by atoms with Crippen molar-refractivity contribution < 1.29 is 0 Å². The lowest BCUT2D eigenvalue weighted by Crippen LogP contribution is -2.48. The SMILES string of the molecule is CC[C@H](C)c1cc(CNC2CCN(c3ccccc3C)C[C@H]2C)ccc1C. The zero-order chi connectivity index (χ0) is 19.4. The molecule has 3 atom stereocenters. The van der Waals surface area contributed by atoms with E-state index in [9.17, 15) is 0 Å². The first-order chi connectivity index (χ1) is 13.0. The molecule has 0 spiro atoms. The van der Waals surface area contributed by atoms with E-state index < -0.39 is 0 Å². The predicted molar refractivity (Wildman–Crippen MR) is 118 cm³/mol. The number of rotatable bonds is 6. The van der Waals surface area contributed by atoms with Gasteiger partial charge in [-0.2, -0.15) is 0 Å². The van der Waals surface area contributed by atoms with Crippen LogP contribution in [0.5, 0.6) is 0 Å². The van der Waals surface area contributed by atoms with Gasteiger partial charge in [0.1, 0.15) is 0 Å². The van der Waals surface area contributed by atoms with E-state index in [2.05, 4.69) is 87.3 Å². The largest absolute Gasteiger partial charge is 0.371 e. The molecule has 2 heteroatoms. The molecule has 1 fully saturated rings. The third-order valence-electron chi connectivity index (χ3n) is 6.42. The van der Waals surface area contributed by atoms with Gasteiger partial charge in [0.2, 0.25) is 0 Å². The van der Waals surface area contributed by atoms with Crippen molar-refractivity contribution in [2.24, 2.45) is 5.92 Å². The second kappa shape index (κ2) is 8.93. The van der Waals surface area contributed by atoms with Gasteiger partial charge in [-0.1, -0.05) is 57.2 Å². The molecule has 1 unspecified atom stereocenters. The highest BCUT2D eigenvalue weighted by Crippen LogP contribution is 2.27. The normalized spacial score (nSPS) is 21.3. The van der Waals surface area contributed by atoms with Crippen molar-refractivity contribution in [2.45, 2.75) is 66.0 Å². The maximum Gasteiger partial charge on any atom is 0.0396 e. The molecule has 1 aliphatic rings. The van der Waals surface area contributed by atoms with Crippen molar-refractivity contribution in [3.05, 3.63) is 64.7 Å². The summed E-state index contributed by atoms with van der Waals surface area (Å²) in [5, 5.41) is 3.85. The molecule has 3 rings (SSSR count). The first kappa shape index (κ1) is 19.9. The Labute approximate surface area is 166 Å². The molecule has 0 radical (unpaired) electrons. The van der Waals surface area contributed by atoms with Crippen LogP contribution in [0.15, 0.2) is 42.5 Å². The van der Waals surface area contributed by atoms with Crippen LogP contribution in [0.2, 0.25) is 0 Å². The third-order valence-corrected chi connectivity index (χ3v) is 6.42. The Hall–Kier alpha value is -1.80. The average Bonchev–Trinajstić information content (AvgIpc) is 2.68. The fourth-order valence-corrected chi connectivity index (χ4v) is 4.39. The molecule has 146 valence electrons. The van der Waals surface area contributed by atoms with E-state index >= 15 is 0 Å². The van der Waals surface area contributed by atoms with Gasteiger partial charge in [0.25, 0.3) is 0 Å². The lowest BCUT2D eigenvalue weighted by atomic mass is 9.91. The highest BCUT2D eigenvalue weighted by atomic mass is 15.2. The van der Waals surface area contributed by atoms with E-state index in [1.54, 1.807) is 0 Å². The van der Waals surface area contributed by atoms with Gasteiger partial charge in [-0.05, 0) is 66.8 Å². The van der Waals surface area contributed by atoms with Crippen molar-refractivity contribution in [2.75, 3.05) is 18.0 Å². The molecule has 1 N–H and O–H groups in total. The molecule has 0 bridgehead atoms. The molecule has 27 heavy (non-hydrogen) atoms. The van der Waals surface area contributed by atoms with E-state index in [-0.39, 0.29) is 0 Å². The molecule has 2 aromatic carbocycles. The maximum absolute atomic E-state index is 3.85. The highest BCUT2D eigenvalue weighted by Gasteiger charge is 2.26. The fourth-order valence-electron chi connectivity index (χ4n) is 4.39. The quantitative estimate of drug-likeness (QED) is 0.694. The number of piperidine rings is 1. The Bertz CT molecular complexity index is 752. The standard InChI is InChI=1S/C25H36N2/c1-6-18(2)23-15-22(12-11-19(23)3)16-26-24-13-14-27(17-21(24)5)25-10-8-7-9-20(25)4/h7-12,15,18,21,24,26H,6,13-14,16-17H2,1-5H3/t18-,21+,24?/m0/s1. The molecule has 1 heterocycles. The summed E-state index contributed by atoms with van der Waals surface area (Å²) in [6.45, 7) is 14.7. The van der Waals surface area contributed by atoms with Gasteiger partial charge in [0, 0.05) is 31.4 Å². The molecule has 0 aromatic heterocycles. The summed E-state index contributed by atoms with van der Waals surface area (Å²) in [5.74, 6) is 1.29. The van der Waals surface area contributed by atoms with E-state index in [0.29, 0.717) is 17.9 Å². The van der Waals surface area contributed by atoms with Crippen LogP contribution in [-0.2, 0) is 6.54 Å². The van der Waals surface area contributed by atoms with Crippen LogP contribution < -0.4 is 10.2 Å². The Kier molecular flexibility index (Phi) is 6.59. The zero-order valence-electron chi connectivity index (χ0n) is 17.8. The second-order valence-electron chi connectivity index (χ2n) is 8.49. The van der Waals surface area contributed by atoms with Gasteiger partial charge >= 0.3 is 0 Å². The summed E-state index contributed by atoms with van der Waals surface area (Å²) in [7, 11) is 0. The van der Waals surface area contributed by atoms with Gasteiger partial charge in [0.15, 0.2) is 0 Å². The summed E-state index contributed by atoms with van der Waals surface area (Å²) in [5.41, 5.74) is 7.14. The van der Waals surface area contributed by atoms with Crippen LogP contribution in [0.4, 0.5) is 5.69 Å². The van der Waals surface area contributed by atoms with Crippen molar-refractivity contribution >= 4 is 5.69 Å². The Morgan fingerprint density at radius 2 is 1.89 bits per heavy atom. The highest BCUT2D eigenvalue weighted by molar-refractivity contribution is 5.53. The molecular weight excluding hydrogens is 328 g/mol. The van der Waals surface area contributed by atoms with Crippen LogP contribution in [0.25, 0.3) is 0 Å². The van der Waals surface area contributed by atoms with E-state index in [1.165, 1.54) is 40.8 Å². The van der Waals surface area contributed by atoms with Gasteiger partial charge < -0.3 is 10.2 Å². The van der Waals surface area contributed by atoms with Crippen molar-refractivity contribution in [3.8, 4) is 0 Å². The Balaban J connectivity index is 1.59. The summed E-state index contributed by atoms with van der Waals surface area (Å²) in [6, 6.07) is 16.4. The van der Waals surface area contributed by atoms with Crippen molar-refractivity contribution in [1.29, 1.82) is 0 Å². The van der Waals surface area contributed by atoms with Crippen molar-refractivity contribution in [3.63, 3.8) is 0 Å².